The highest BCUT2D eigenvalue weighted by Gasteiger charge is 2.31. The topological polar surface area (TPSA) is 59.5 Å². The number of rotatable bonds is 5. The predicted octanol–water partition coefficient (Wildman–Crippen LogP) is 1.90. The fraction of sp³-hybridized carbons (Fsp3) is 0.529. The lowest BCUT2D eigenvalue weighted by Crippen LogP contribution is -2.21. The van der Waals surface area contributed by atoms with Crippen molar-refractivity contribution in [1.29, 1.82) is 0 Å². The van der Waals surface area contributed by atoms with Crippen LogP contribution in [0.1, 0.15) is 17.7 Å². The van der Waals surface area contributed by atoms with Gasteiger partial charge in [-0.05, 0) is 48.3 Å². The minimum atomic E-state index is 0.209. The van der Waals surface area contributed by atoms with E-state index >= 15 is 0 Å². The maximum Gasteiger partial charge on any atom is 0.0474 e. The molecule has 1 aromatic carbocycles. The fourth-order valence-corrected chi connectivity index (χ4v) is 3.49. The Morgan fingerprint density at radius 1 is 1.19 bits per heavy atom. The highest BCUT2D eigenvalue weighted by atomic mass is 16.3. The summed E-state index contributed by atoms with van der Waals surface area (Å²) in [4.78, 5) is 5.86. The number of likely N-dealkylation sites (tertiary alicyclic amines) is 1. The summed E-state index contributed by atoms with van der Waals surface area (Å²) in [5, 5.41) is 19.9. The van der Waals surface area contributed by atoms with Crippen molar-refractivity contribution in [3.8, 4) is 0 Å². The van der Waals surface area contributed by atoms with Gasteiger partial charge in [0.05, 0.1) is 0 Å². The molecular weight excluding hydrogens is 264 g/mol. The number of aromatic nitrogens is 1. The lowest BCUT2D eigenvalue weighted by molar-refractivity contribution is 0.178. The second kappa shape index (κ2) is 6.18. The van der Waals surface area contributed by atoms with Crippen molar-refractivity contribution in [2.45, 2.75) is 19.9 Å². The lowest BCUT2D eigenvalue weighted by atomic mass is 9.94. The summed E-state index contributed by atoms with van der Waals surface area (Å²) in [7, 11) is 0. The maximum absolute atomic E-state index is 9.48. The van der Waals surface area contributed by atoms with Gasteiger partial charge in [-0.2, -0.15) is 0 Å². The van der Waals surface area contributed by atoms with Crippen LogP contribution in [0.4, 0.5) is 0 Å². The zero-order valence-electron chi connectivity index (χ0n) is 12.5. The van der Waals surface area contributed by atoms with Gasteiger partial charge in [0.25, 0.3) is 0 Å². The molecule has 3 N–H and O–H groups in total. The molecule has 1 aliphatic heterocycles. The van der Waals surface area contributed by atoms with E-state index in [9.17, 15) is 5.11 Å². The average molecular weight is 288 g/mol. The molecule has 1 aliphatic rings. The number of benzene rings is 1. The van der Waals surface area contributed by atoms with Gasteiger partial charge >= 0.3 is 0 Å². The molecule has 0 spiro atoms. The summed E-state index contributed by atoms with van der Waals surface area (Å²) in [6.45, 7) is 5.28. The van der Waals surface area contributed by atoms with Crippen LogP contribution in [0.25, 0.3) is 10.9 Å². The number of aromatic amines is 1. The van der Waals surface area contributed by atoms with Crippen LogP contribution in [-0.4, -0.2) is 46.4 Å². The van der Waals surface area contributed by atoms with Crippen LogP contribution in [0.2, 0.25) is 0 Å². The quantitative estimate of drug-likeness (QED) is 0.787. The monoisotopic (exact) mass is 288 g/mol. The number of nitrogens with zero attached hydrogens (tertiary/aromatic N) is 1. The molecule has 2 unspecified atom stereocenters. The van der Waals surface area contributed by atoms with Crippen LogP contribution in [0, 0.1) is 18.8 Å². The Morgan fingerprint density at radius 2 is 2.00 bits per heavy atom. The highest BCUT2D eigenvalue weighted by Crippen LogP contribution is 2.27. The molecule has 3 rings (SSSR count). The molecule has 0 amide bonds. The summed E-state index contributed by atoms with van der Waals surface area (Å²) in [5.41, 5.74) is 3.67. The number of fused-ring (bicyclic) bond motifs is 1. The van der Waals surface area contributed by atoms with E-state index in [-0.39, 0.29) is 13.2 Å². The number of nitrogens with one attached hydrogen (secondary N) is 1. The van der Waals surface area contributed by atoms with Crippen LogP contribution in [-0.2, 0) is 6.54 Å². The molecule has 0 aliphatic carbocycles. The van der Waals surface area contributed by atoms with Gasteiger partial charge in [0.2, 0.25) is 0 Å². The van der Waals surface area contributed by atoms with Gasteiger partial charge in [-0.3, -0.25) is 4.90 Å². The summed E-state index contributed by atoms with van der Waals surface area (Å²) in [6, 6.07) is 8.67. The Morgan fingerprint density at radius 3 is 2.76 bits per heavy atom. The van der Waals surface area contributed by atoms with Gasteiger partial charge in [-0.1, -0.05) is 12.1 Å². The van der Waals surface area contributed by atoms with E-state index in [4.69, 9.17) is 5.11 Å². The minimum absolute atomic E-state index is 0.209. The predicted molar refractivity (Wildman–Crippen MR) is 84.1 cm³/mol. The summed E-state index contributed by atoms with van der Waals surface area (Å²) in [6.07, 6.45) is 0.785. The number of hydrogen-bond donors (Lipinski definition) is 3. The molecule has 1 fully saturated rings. The normalized spacial score (nSPS) is 23.2. The van der Waals surface area contributed by atoms with Crippen molar-refractivity contribution in [2.75, 3.05) is 26.3 Å². The molecule has 2 atom stereocenters. The zero-order chi connectivity index (χ0) is 14.8. The van der Waals surface area contributed by atoms with Crippen molar-refractivity contribution < 1.29 is 10.2 Å². The van der Waals surface area contributed by atoms with E-state index < -0.39 is 0 Å². The summed E-state index contributed by atoms with van der Waals surface area (Å²) >= 11 is 0. The summed E-state index contributed by atoms with van der Waals surface area (Å²) < 4.78 is 0. The van der Waals surface area contributed by atoms with Crippen LogP contribution < -0.4 is 0 Å². The molecule has 4 nitrogen and oxygen atoms in total. The molecule has 21 heavy (non-hydrogen) atoms. The summed E-state index contributed by atoms with van der Waals surface area (Å²) in [5.74, 6) is 0.704. The average Bonchev–Trinajstić information content (AvgIpc) is 3.02. The van der Waals surface area contributed by atoms with Crippen LogP contribution in [0.3, 0.4) is 0 Å². The largest absolute Gasteiger partial charge is 0.396 e. The van der Waals surface area contributed by atoms with Gasteiger partial charge in [-0.25, -0.2) is 0 Å². The van der Waals surface area contributed by atoms with Gasteiger partial charge in [0.15, 0.2) is 0 Å². The minimum Gasteiger partial charge on any atom is -0.396 e. The van der Waals surface area contributed by atoms with Gasteiger partial charge in [0, 0.05) is 44.1 Å². The molecule has 2 heterocycles. The molecule has 1 saturated heterocycles. The number of aliphatic hydroxyl groups is 2. The Hall–Kier alpha value is -1.36. The Bertz CT molecular complexity index is 608. The lowest BCUT2D eigenvalue weighted by Gasteiger charge is -2.14. The number of hydrogen-bond acceptors (Lipinski definition) is 3. The molecule has 0 saturated carbocycles. The van der Waals surface area contributed by atoms with Crippen molar-refractivity contribution in [3.05, 3.63) is 35.5 Å². The third-order valence-electron chi connectivity index (χ3n) is 4.61. The maximum atomic E-state index is 9.48. The van der Waals surface area contributed by atoms with E-state index in [1.54, 1.807) is 0 Å². The second-order valence-electron chi connectivity index (χ2n) is 6.29. The first-order valence-electron chi connectivity index (χ1n) is 7.72. The molecule has 2 aromatic rings. The van der Waals surface area contributed by atoms with Crippen LogP contribution in [0.15, 0.2) is 24.3 Å². The number of H-pyrrole nitrogens is 1. The molecule has 0 bridgehead atoms. The zero-order valence-corrected chi connectivity index (χ0v) is 12.5. The second-order valence-corrected chi connectivity index (χ2v) is 6.29. The number of aryl methyl sites for hydroxylation is 1. The fourth-order valence-electron chi connectivity index (χ4n) is 3.49. The van der Waals surface area contributed by atoms with E-state index in [2.05, 4.69) is 41.1 Å². The highest BCUT2D eigenvalue weighted by molar-refractivity contribution is 5.81. The molecule has 4 heteroatoms. The van der Waals surface area contributed by atoms with Gasteiger partial charge < -0.3 is 15.2 Å². The van der Waals surface area contributed by atoms with E-state index in [0.29, 0.717) is 11.8 Å². The number of aliphatic hydroxyl groups excluding tert-OH is 2. The van der Waals surface area contributed by atoms with Crippen LogP contribution in [0.5, 0.6) is 0 Å². The third-order valence-corrected chi connectivity index (χ3v) is 4.61. The van der Waals surface area contributed by atoms with Crippen molar-refractivity contribution in [2.24, 2.45) is 11.8 Å². The molecular formula is C17H24N2O2. The van der Waals surface area contributed by atoms with E-state index in [0.717, 1.165) is 26.1 Å². The SMILES string of the molecule is Cc1ccc2cc(CN3CC(CO)C(CCO)C3)[nH]c2c1. The van der Waals surface area contributed by atoms with Crippen molar-refractivity contribution in [1.82, 2.24) is 9.88 Å². The smallest absolute Gasteiger partial charge is 0.0474 e. The Kier molecular flexibility index (Phi) is 4.29. The van der Waals surface area contributed by atoms with Crippen molar-refractivity contribution in [3.63, 3.8) is 0 Å². The molecule has 114 valence electrons. The molecule has 0 radical (unpaired) electrons. The third kappa shape index (κ3) is 3.12. The van der Waals surface area contributed by atoms with Gasteiger partial charge in [0.1, 0.15) is 0 Å². The first-order valence-corrected chi connectivity index (χ1v) is 7.72. The standard InChI is InChI=1S/C17H24N2O2/c1-12-2-3-13-7-16(18-17(13)6-12)10-19-8-14(4-5-20)15(9-19)11-21/h2-3,6-7,14-15,18,20-21H,4-5,8-11H2,1H3. The van der Waals surface area contributed by atoms with Crippen molar-refractivity contribution >= 4 is 10.9 Å². The molecule has 1 aromatic heterocycles. The first kappa shape index (κ1) is 14.6. The Balaban J connectivity index is 1.70. The van der Waals surface area contributed by atoms with E-state index in [1.807, 2.05) is 0 Å². The van der Waals surface area contributed by atoms with E-state index in [1.165, 1.54) is 22.2 Å². The Labute approximate surface area is 125 Å². The first-order chi connectivity index (χ1) is 10.2. The van der Waals surface area contributed by atoms with Crippen LogP contribution >= 0.6 is 0 Å². The van der Waals surface area contributed by atoms with Gasteiger partial charge in [-0.15, -0.1) is 0 Å².